The van der Waals surface area contributed by atoms with Crippen LogP contribution >= 0.6 is 15.9 Å². The Kier molecular flexibility index (Phi) is 3.79. The number of carbonyl (C=O) groups is 1. The Morgan fingerprint density at radius 1 is 1.59 bits per heavy atom. The number of rotatable bonds is 3. The number of carboxylic acids is 1. The van der Waals surface area contributed by atoms with Gasteiger partial charge in [-0.15, -0.1) is 0 Å². The lowest BCUT2D eigenvalue weighted by molar-refractivity contribution is -0.142. The summed E-state index contributed by atoms with van der Waals surface area (Å²) in [5.74, 6) is -1.11. The summed E-state index contributed by atoms with van der Waals surface area (Å²) in [6.45, 7) is 1.22. The van der Waals surface area contributed by atoms with Crippen LogP contribution in [0.2, 0.25) is 0 Å². The minimum Gasteiger partial charge on any atom is -0.480 e. The van der Waals surface area contributed by atoms with E-state index >= 15 is 0 Å². The molecule has 92 valence electrons. The average molecular weight is 302 g/mol. The number of carboxylic acid groups (broad SMARTS) is 1. The number of aliphatic carboxylic acids is 1. The third-order valence-electron chi connectivity index (χ3n) is 3.05. The molecule has 1 aromatic rings. The highest BCUT2D eigenvalue weighted by molar-refractivity contribution is 9.10. The van der Waals surface area contributed by atoms with Gasteiger partial charge in [0.1, 0.15) is 11.9 Å². The van der Waals surface area contributed by atoms with Crippen LogP contribution in [0.4, 0.5) is 4.39 Å². The fourth-order valence-electron chi connectivity index (χ4n) is 2.18. The smallest absolute Gasteiger partial charge is 0.320 e. The van der Waals surface area contributed by atoms with E-state index in [1.807, 2.05) is 11.0 Å². The molecule has 1 N–H and O–H groups in total. The molecule has 0 aromatic heterocycles. The first-order chi connectivity index (χ1) is 8.09. The SMILES string of the molecule is O=C(O)[C@@H]1CCCN1Cc1cccc(F)c1Br. The topological polar surface area (TPSA) is 40.5 Å². The lowest BCUT2D eigenvalue weighted by atomic mass is 10.2. The van der Waals surface area contributed by atoms with Crippen molar-refractivity contribution in [3.05, 3.63) is 34.1 Å². The Morgan fingerprint density at radius 3 is 3.06 bits per heavy atom. The summed E-state index contributed by atoms with van der Waals surface area (Å²) in [5.41, 5.74) is 0.790. The zero-order valence-corrected chi connectivity index (χ0v) is 10.8. The first kappa shape index (κ1) is 12.5. The lowest BCUT2D eigenvalue weighted by Crippen LogP contribution is -2.35. The van der Waals surface area contributed by atoms with E-state index in [1.54, 1.807) is 6.07 Å². The molecule has 2 rings (SSSR count). The second kappa shape index (κ2) is 5.14. The third-order valence-corrected chi connectivity index (χ3v) is 3.94. The molecule has 0 unspecified atom stereocenters. The molecule has 1 saturated heterocycles. The molecule has 1 aliphatic heterocycles. The van der Waals surface area contributed by atoms with Gasteiger partial charge >= 0.3 is 5.97 Å². The van der Waals surface area contributed by atoms with Gasteiger partial charge in [-0.05, 0) is 46.9 Å². The fourth-order valence-corrected chi connectivity index (χ4v) is 2.57. The van der Waals surface area contributed by atoms with Crippen LogP contribution in [0.3, 0.4) is 0 Å². The average Bonchev–Trinajstić information content (AvgIpc) is 2.73. The largest absolute Gasteiger partial charge is 0.480 e. The highest BCUT2D eigenvalue weighted by atomic mass is 79.9. The molecule has 17 heavy (non-hydrogen) atoms. The Labute approximate surface area is 107 Å². The molecule has 0 spiro atoms. The molecule has 1 aromatic carbocycles. The van der Waals surface area contributed by atoms with Gasteiger partial charge in [0.05, 0.1) is 4.47 Å². The highest BCUT2D eigenvalue weighted by Gasteiger charge is 2.30. The van der Waals surface area contributed by atoms with Gasteiger partial charge in [0.2, 0.25) is 0 Å². The monoisotopic (exact) mass is 301 g/mol. The molecular weight excluding hydrogens is 289 g/mol. The standard InChI is InChI=1S/C12H13BrFNO2/c13-11-8(3-1-4-9(11)14)7-15-6-2-5-10(15)12(16)17/h1,3-4,10H,2,5-7H2,(H,16,17)/t10-/m0/s1. The van der Waals surface area contributed by atoms with Gasteiger partial charge in [-0.1, -0.05) is 12.1 Å². The van der Waals surface area contributed by atoms with Gasteiger partial charge in [-0.2, -0.15) is 0 Å². The molecule has 1 aliphatic rings. The van der Waals surface area contributed by atoms with Gasteiger partial charge in [0.15, 0.2) is 0 Å². The Morgan fingerprint density at radius 2 is 2.35 bits per heavy atom. The van der Waals surface area contributed by atoms with Crippen LogP contribution in [-0.4, -0.2) is 28.6 Å². The zero-order valence-electron chi connectivity index (χ0n) is 9.20. The molecule has 0 bridgehead atoms. The van der Waals surface area contributed by atoms with Gasteiger partial charge in [0.25, 0.3) is 0 Å². The van der Waals surface area contributed by atoms with Crippen LogP contribution in [-0.2, 0) is 11.3 Å². The van der Waals surface area contributed by atoms with E-state index in [0.29, 0.717) is 17.4 Å². The van der Waals surface area contributed by atoms with Crippen molar-refractivity contribution in [3.8, 4) is 0 Å². The molecular formula is C12H13BrFNO2. The van der Waals surface area contributed by atoms with Crippen molar-refractivity contribution in [1.29, 1.82) is 0 Å². The summed E-state index contributed by atoms with van der Waals surface area (Å²) in [6, 6.07) is 4.39. The molecule has 1 heterocycles. The number of hydrogen-bond acceptors (Lipinski definition) is 2. The lowest BCUT2D eigenvalue weighted by Gasteiger charge is -2.21. The van der Waals surface area contributed by atoms with E-state index in [0.717, 1.165) is 18.5 Å². The summed E-state index contributed by atoms with van der Waals surface area (Å²) in [6.07, 6.45) is 1.55. The van der Waals surface area contributed by atoms with Crippen molar-refractivity contribution in [3.63, 3.8) is 0 Å². The van der Waals surface area contributed by atoms with Crippen molar-refractivity contribution >= 4 is 21.9 Å². The van der Waals surface area contributed by atoms with E-state index in [2.05, 4.69) is 15.9 Å². The number of likely N-dealkylation sites (tertiary alicyclic amines) is 1. The maximum atomic E-state index is 13.3. The molecule has 3 nitrogen and oxygen atoms in total. The molecule has 1 atom stereocenters. The van der Waals surface area contributed by atoms with Gasteiger partial charge in [-0.25, -0.2) is 4.39 Å². The Balaban J connectivity index is 2.15. The second-order valence-corrected chi connectivity index (χ2v) is 4.97. The molecule has 1 fully saturated rings. The van der Waals surface area contributed by atoms with E-state index in [4.69, 9.17) is 5.11 Å². The zero-order chi connectivity index (χ0) is 12.4. The van der Waals surface area contributed by atoms with Crippen molar-refractivity contribution < 1.29 is 14.3 Å². The molecule has 0 saturated carbocycles. The number of halogens is 2. The highest BCUT2D eigenvalue weighted by Crippen LogP contribution is 2.25. The van der Waals surface area contributed by atoms with Crippen LogP contribution in [0, 0.1) is 5.82 Å². The Bertz CT molecular complexity index is 439. The van der Waals surface area contributed by atoms with Crippen LogP contribution in [0.15, 0.2) is 22.7 Å². The van der Waals surface area contributed by atoms with Crippen molar-refractivity contribution in [2.24, 2.45) is 0 Å². The number of nitrogens with zero attached hydrogens (tertiary/aromatic N) is 1. The summed E-state index contributed by atoms with van der Waals surface area (Å²) in [5, 5.41) is 9.06. The van der Waals surface area contributed by atoms with Crippen LogP contribution in [0.5, 0.6) is 0 Å². The predicted octanol–water partition coefficient (Wildman–Crippen LogP) is 2.64. The van der Waals surface area contributed by atoms with E-state index in [-0.39, 0.29) is 5.82 Å². The first-order valence-electron chi connectivity index (χ1n) is 5.49. The fraction of sp³-hybridized carbons (Fsp3) is 0.417. The minimum atomic E-state index is -0.796. The maximum absolute atomic E-state index is 13.3. The Hall–Kier alpha value is -0.940. The van der Waals surface area contributed by atoms with Crippen LogP contribution in [0.25, 0.3) is 0 Å². The predicted molar refractivity (Wildman–Crippen MR) is 65.2 cm³/mol. The third kappa shape index (κ3) is 2.66. The van der Waals surface area contributed by atoms with Crippen LogP contribution in [0.1, 0.15) is 18.4 Å². The molecule has 0 radical (unpaired) electrons. The summed E-state index contributed by atoms with van der Waals surface area (Å²) in [4.78, 5) is 12.9. The maximum Gasteiger partial charge on any atom is 0.320 e. The molecule has 5 heteroatoms. The quantitative estimate of drug-likeness (QED) is 0.933. The van der Waals surface area contributed by atoms with Crippen molar-refractivity contribution in [1.82, 2.24) is 4.90 Å². The summed E-state index contributed by atoms with van der Waals surface area (Å²) in [7, 11) is 0. The summed E-state index contributed by atoms with van der Waals surface area (Å²) >= 11 is 3.20. The van der Waals surface area contributed by atoms with Gasteiger partial charge < -0.3 is 5.11 Å². The van der Waals surface area contributed by atoms with Crippen LogP contribution < -0.4 is 0 Å². The minimum absolute atomic E-state index is 0.312. The normalized spacial score (nSPS) is 20.7. The first-order valence-corrected chi connectivity index (χ1v) is 6.28. The van der Waals surface area contributed by atoms with Crippen molar-refractivity contribution in [2.45, 2.75) is 25.4 Å². The molecule has 0 aliphatic carbocycles. The molecule has 0 amide bonds. The van der Waals surface area contributed by atoms with E-state index in [1.165, 1.54) is 6.07 Å². The van der Waals surface area contributed by atoms with E-state index < -0.39 is 12.0 Å². The van der Waals surface area contributed by atoms with E-state index in [9.17, 15) is 9.18 Å². The second-order valence-electron chi connectivity index (χ2n) is 4.18. The number of benzene rings is 1. The summed E-state index contributed by atoms with van der Waals surface area (Å²) < 4.78 is 13.8. The number of hydrogen-bond donors (Lipinski definition) is 1. The van der Waals surface area contributed by atoms with Gasteiger partial charge in [-0.3, -0.25) is 9.69 Å². The van der Waals surface area contributed by atoms with Gasteiger partial charge in [0, 0.05) is 6.54 Å². The van der Waals surface area contributed by atoms with Crippen molar-refractivity contribution in [2.75, 3.05) is 6.54 Å².